The fraction of sp³-hybridized carbons (Fsp3) is 0.889. The Hall–Kier alpha value is -1.06. The Morgan fingerprint density at radius 1 is 1.00 bits per heavy atom. The summed E-state index contributed by atoms with van der Waals surface area (Å²) >= 11 is 0. The second kappa shape index (κ2) is 6.59. The van der Waals surface area contributed by atoms with E-state index in [1.165, 1.54) is 38.5 Å². The van der Waals surface area contributed by atoms with Crippen LogP contribution in [0, 0.1) is 5.41 Å². The molecule has 3 aliphatic rings. The first kappa shape index (κ1) is 15.8. The van der Waals surface area contributed by atoms with Crippen LogP contribution in [0.15, 0.2) is 0 Å². The predicted molar refractivity (Wildman–Crippen MR) is 86.4 cm³/mol. The smallest absolute Gasteiger partial charge is 0.245 e. The van der Waals surface area contributed by atoms with Gasteiger partial charge in [-0.1, -0.05) is 26.2 Å². The molecule has 0 aromatic heterocycles. The lowest BCUT2D eigenvalue weighted by Crippen LogP contribution is -2.52. The van der Waals surface area contributed by atoms with Crippen LogP contribution in [-0.2, 0) is 9.59 Å². The van der Waals surface area contributed by atoms with Crippen molar-refractivity contribution in [2.75, 3.05) is 19.6 Å². The van der Waals surface area contributed by atoms with E-state index >= 15 is 0 Å². The average Bonchev–Trinajstić information content (AvgIpc) is 2.97. The molecule has 3 fully saturated rings. The van der Waals surface area contributed by atoms with Gasteiger partial charge < -0.3 is 9.80 Å². The highest BCUT2D eigenvalue weighted by Crippen LogP contribution is 2.44. The standard InChI is InChI=1S/C18H30N2O2/c1-2-16(21)20-12-7-4-8-15(20)17(22)19-13-11-18(14-19)9-5-3-6-10-18/h15H,2-14H2,1H3/t15-/m0/s1. The van der Waals surface area contributed by atoms with Crippen molar-refractivity contribution in [3.63, 3.8) is 0 Å². The van der Waals surface area contributed by atoms with Crippen LogP contribution >= 0.6 is 0 Å². The van der Waals surface area contributed by atoms with Crippen LogP contribution in [0.3, 0.4) is 0 Å². The third kappa shape index (κ3) is 3.02. The lowest BCUT2D eigenvalue weighted by Gasteiger charge is -2.38. The summed E-state index contributed by atoms with van der Waals surface area (Å²) in [7, 11) is 0. The molecular formula is C18H30N2O2. The minimum atomic E-state index is -0.181. The second-order valence-corrected chi connectivity index (χ2v) is 7.52. The Bertz CT molecular complexity index is 429. The van der Waals surface area contributed by atoms with E-state index in [9.17, 15) is 9.59 Å². The lowest BCUT2D eigenvalue weighted by atomic mass is 9.73. The number of rotatable bonds is 2. The summed E-state index contributed by atoms with van der Waals surface area (Å²) < 4.78 is 0. The SMILES string of the molecule is CCC(=O)N1CCCC[C@H]1C(=O)N1CCC2(CCCCC2)C1. The van der Waals surface area contributed by atoms with Gasteiger partial charge >= 0.3 is 0 Å². The van der Waals surface area contributed by atoms with Gasteiger partial charge in [0.05, 0.1) is 0 Å². The maximum atomic E-state index is 13.0. The van der Waals surface area contributed by atoms with E-state index in [2.05, 4.69) is 4.90 Å². The molecule has 2 aliphatic heterocycles. The Morgan fingerprint density at radius 2 is 1.77 bits per heavy atom. The zero-order chi connectivity index (χ0) is 15.6. The van der Waals surface area contributed by atoms with Crippen LogP contribution in [0.5, 0.6) is 0 Å². The summed E-state index contributed by atoms with van der Waals surface area (Å²) in [4.78, 5) is 29.1. The van der Waals surface area contributed by atoms with E-state index < -0.39 is 0 Å². The molecule has 0 aromatic rings. The van der Waals surface area contributed by atoms with Crippen molar-refractivity contribution in [2.24, 2.45) is 5.41 Å². The number of piperidine rings is 1. The molecule has 1 aliphatic carbocycles. The lowest BCUT2D eigenvalue weighted by molar-refractivity contribution is -0.147. The quantitative estimate of drug-likeness (QED) is 0.787. The maximum absolute atomic E-state index is 13.0. The summed E-state index contributed by atoms with van der Waals surface area (Å²) in [5, 5.41) is 0. The number of hydrogen-bond donors (Lipinski definition) is 0. The Labute approximate surface area is 134 Å². The third-order valence-corrected chi connectivity index (χ3v) is 6.07. The van der Waals surface area contributed by atoms with Gasteiger partial charge in [0.1, 0.15) is 6.04 Å². The van der Waals surface area contributed by atoms with E-state index in [-0.39, 0.29) is 17.9 Å². The molecular weight excluding hydrogens is 276 g/mol. The van der Waals surface area contributed by atoms with Crippen molar-refractivity contribution in [3.05, 3.63) is 0 Å². The molecule has 4 nitrogen and oxygen atoms in total. The van der Waals surface area contributed by atoms with Crippen LogP contribution in [0.25, 0.3) is 0 Å². The highest BCUT2D eigenvalue weighted by atomic mass is 16.2. The minimum Gasteiger partial charge on any atom is -0.340 e. The van der Waals surface area contributed by atoms with Crippen molar-refractivity contribution in [3.8, 4) is 0 Å². The fourth-order valence-electron chi connectivity index (χ4n) is 4.73. The summed E-state index contributed by atoms with van der Waals surface area (Å²) in [6.07, 6.45) is 11.2. The minimum absolute atomic E-state index is 0.143. The maximum Gasteiger partial charge on any atom is 0.245 e. The fourth-order valence-corrected chi connectivity index (χ4v) is 4.73. The highest BCUT2D eigenvalue weighted by molar-refractivity contribution is 5.88. The van der Waals surface area contributed by atoms with Gasteiger partial charge in [-0.3, -0.25) is 9.59 Å². The summed E-state index contributed by atoms with van der Waals surface area (Å²) in [5.41, 5.74) is 0.405. The first-order valence-electron chi connectivity index (χ1n) is 9.23. The highest BCUT2D eigenvalue weighted by Gasteiger charge is 2.43. The third-order valence-electron chi connectivity index (χ3n) is 6.07. The molecule has 1 saturated carbocycles. The van der Waals surface area contributed by atoms with Gasteiger partial charge in [0, 0.05) is 26.1 Å². The predicted octanol–water partition coefficient (Wildman–Crippen LogP) is 2.96. The molecule has 1 atom stereocenters. The van der Waals surface area contributed by atoms with Gasteiger partial charge in [0.2, 0.25) is 11.8 Å². The number of hydrogen-bond acceptors (Lipinski definition) is 2. The average molecular weight is 306 g/mol. The van der Waals surface area contributed by atoms with Crippen molar-refractivity contribution >= 4 is 11.8 Å². The molecule has 1 spiro atoms. The van der Waals surface area contributed by atoms with Crippen LogP contribution < -0.4 is 0 Å². The van der Waals surface area contributed by atoms with Gasteiger partial charge in [-0.05, 0) is 43.9 Å². The molecule has 22 heavy (non-hydrogen) atoms. The van der Waals surface area contributed by atoms with E-state index in [1.54, 1.807) is 0 Å². The first-order valence-corrected chi connectivity index (χ1v) is 9.23. The van der Waals surface area contributed by atoms with E-state index in [0.29, 0.717) is 11.8 Å². The normalized spacial score (nSPS) is 28.1. The number of likely N-dealkylation sites (tertiary alicyclic amines) is 2. The molecule has 3 rings (SSSR count). The summed E-state index contributed by atoms with van der Waals surface area (Å²) in [5.74, 6) is 0.369. The topological polar surface area (TPSA) is 40.6 Å². The molecule has 2 saturated heterocycles. The molecule has 4 heteroatoms. The van der Waals surface area contributed by atoms with Crippen molar-refractivity contribution in [1.82, 2.24) is 9.80 Å². The molecule has 124 valence electrons. The summed E-state index contributed by atoms with van der Waals surface area (Å²) in [6, 6.07) is -0.181. The second-order valence-electron chi connectivity index (χ2n) is 7.52. The van der Waals surface area contributed by atoms with E-state index in [0.717, 1.165) is 38.9 Å². The van der Waals surface area contributed by atoms with Gasteiger partial charge in [-0.25, -0.2) is 0 Å². The molecule has 0 unspecified atom stereocenters. The Morgan fingerprint density at radius 3 is 2.50 bits per heavy atom. The van der Waals surface area contributed by atoms with Gasteiger partial charge in [0.25, 0.3) is 0 Å². The molecule has 0 N–H and O–H groups in total. The van der Waals surface area contributed by atoms with Gasteiger partial charge in [-0.2, -0.15) is 0 Å². The molecule has 0 radical (unpaired) electrons. The van der Waals surface area contributed by atoms with Crippen LogP contribution in [0.1, 0.15) is 71.1 Å². The molecule has 0 aromatic carbocycles. The van der Waals surface area contributed by atoms with Crippen molar-refractivity contribution < 1.29 is 9.59 Å². The van der Waals surface area contributed by atoms with Gasteiger partial charge in [0.15, 0.2) is 0 Å². The first-order chi connectivity index (χ1) is 10.7. The van der Waals surface area contributed by atoms with E-state index in [4.69, 9.17) is 0 Å². The van der Waals surface area contributed by atoms with Gasteiger partial charge in [-0.15, -0.1) is 0 Å². The molecule has 2 heterocycles. The zero-order valence-corrected chi connectivity index (χ0v) is 14.0. The van der Waals surface area contributed by atoms with E-state index in [1.807, 2.05) is 11.8 Å². The zero-order valence-electron chi connectivity index (χ0n) is 14.0. The van der Waals surface area contributed by atoms with Crippen molar-refractivity contribution in [2.45, 2.75) is 77.2 Å². The van der Waals surface area contributed by atoms with Crippen LogP contribution in [0.2, 0.25) is 0 Å². The van der Waals surface area contributed by atoms with Crippen LogP contribution in [-0.4, -0.2) is 47.3 Å². The monoisotopic (exact) mass is 306 g/mol. The number of carbonyl (C=O) groups excluding carboxylic acids is 2. The number of nitrogens with zero attached hydrogens (tertiary/aromatic N) is 2. The number of carbonyl (C=O) groups is 2. The largest absolute Gasteiger partial charge is 0.340 e. The number of amides is 2. The molecule has 2 amide bonds. The Balaban J connectivity index is 1.66. The Kier molecular flexibility index (Phi) is 4.74. The van der Waals surface area contributed by atoms with Crippen LogP contribution in [0.4, 0.5) is 0 Å². The van der Waals surface area contributed by atoms with Crippen molar-refractivity contribution in [1.29, 1.82) is 0 Å². The summed E-state index contributed by atoms with van der Waals surface area (Å²) in [6.45, 7) is 4.51. The molecule has 0 bridgehead atoms.